The molecule has 0 unspecified atom stereocenters. The van der Waals surface area contributed by atoms with Gasteiger partial charge in [-0.05, 0) is 24.4 Å². The summed E-state index contributed by atoms with van der Waals surface area (Å²) in [6, 6.07) is 9.43. The first-order chi connectivity index (χ1) is 8.70. The zero-order valence-corrected chi connectivity index (χ0v) is 11.2. The Bertz CT molecular complexity index is 672. The van der Waals surface area contributed by atoms with E-state index >= 15 is 0 Å². The minimum absolute atomic E-state index is 0.447. The minimum atomic E-state index is 0.447. The Hall–Kier alpha value is -1.86. The summed E-state index contributed by atoms with van der Waals surface area (Å²) < 4.78 is 0.894. The van der Waals surface area contributed by atoms with Gasteiger partial charge < -0.3 is 15.3 Å². The molecule has 0 fully saturated rings. The van der Waals surface area contributed by atoms with Gasteiger partial charge in [0.2, 0.25) is 0 Å². The van der Waals surface area contributed by atoms with Crippen LogP contribution in [0.3, 0.4) is 0 Å². The van der Waals surface area contributed by atoms with Gasteiger partial charge in [0, 0.05) is 7.05 Å². The summed E-state index contributed by atoms with van der Waals surface area (Å²) >= 11 is 10.2. The molecular weight excluding hydrogens is 266 g/mol. The van der Waals surface area contributed by atoms with E-state index in [0.717, 1.165) is 5.69 Å². The Morgan fingerprint density at radius 1 is 1.06 bits per heavy atom. The summed E-state index contributed by atoms with van der Waals surface area (Å²) in [5.74, 6) is 0.642. The van der Waals surface area contributed by atoms with Crippen LogP contribution < -0.4 is 5.32 Å². The van der Waals surface area contributed by atoms with Crippen LogP contribution in [0.15, 0.2) is 40.6 Å². The fourth-order valence-electron chi connectivity index (χ4n) is 1.36. The number of anilines is 1. The van der Waals surface area contributed by atoms with Gasteiger partial charge in [0.25, 0.3) is 0 Å². The van der Waals surface area contributed by atoms with Gasteiger partial charge in [-0.3, -0.25) is 0 Å². The van der Waals surface area contributed by atoms with Crippen LogP contribution in [0.1, 0.15) is 0 Å². The highest BCUT2D eigenvalue weighted by molar-refractivity contribution is 7.72. The van der Waals surface area contributed by atoms with E-state index in [1.807, 2.05) is 30.3 Å². The van der Waals surface area contributed by atoms with Crippen molar-refractivity contribution >= 4 is 41.6 Å². The van der Waals surface area contributed by atoms with Crippen molar-refractivity contribution in [3.63, 3.8) is 0 Å². The van der Waals surface area contributed by atoms with Crippen molar-refractivity contribution < 1.29 is 0 Å². The first-order valence-electron chi connectivity index (χ1n) is 5.22. The Morgan fingerprint density at radius 3 is 2.44 bits per heavy atom. The lowest BCUT2D eigenvalue weighted by atomic mass is 10.3. The smallest absolute Gasteiger partial charge is 0.177 e. The zero-order chi connectivity index (χ0) is 13.0. The molecule has 0 aliphatic heterocycles. The Kier molecular flexibility index (Phi) is 3.96. The van der Waals surface area contributed by atoms with Crippen LogP contribution in [0.2, 0.25) is 0 Å². The van der Waals surface area contributed by atoms with Gasteiger partial charge >= 0.3 is 0 Å². The molecule has 5 nitrogen and oxygen atoms in total. The standard InChI is InChI=1S/C11H11N5S2/c1-12-9-8(10(17)14-11(18)13-9)16-15-7-5-3-2-4-6-7/h2-6H,1H3,(H3,12,13,14,17,18). The lowest BCUT2D eigenvalue weighted by molar-refractivity contribution is 1.08. The molecule has 0 saturated heterocycles. The van der Waals surface area contributed by atoms with Gasteiger partial charge in [0.15, 0.2) is 10.5 Å². The first-order valence-corrected chi connectivity index (χ1v) is 6.03. The molecule has 18 heavy (non-hydrogen) atoms. The number of azo groups is 1. The van der Waals surface area contributed by atoms with E-state index in [9.17, 15) is 0 Å². The second-order valence-electron chi connectivity index (χ2n) is 3.42. The highest BCUT2D eigenvalue weighted by atomic mass is 32.1. The average molecular weight is 277 g/mol. The number of rotatable bonds is 3. The number of H-pyrrole nitrogens is 2. The normalized spacial score (nSPS) is 10.7. The number of nitrogens with one attached hydrogen (secondary N) is 3. The van der Waals surface area contributed by atoms with Gasteiger partial charge in [0.1, 0.15) is 10.5 Å². The maximum absolute atomic E-state index is 5.17. The molecule has 0 saturated carbocycles. The van der Waals surface area contributed by atoms with Crippen LogP contribution in [-0.4, -0.2) is 17.0 Å². The molecule has 0 bridgehead atoms. The molecule has 1 heterocycles. The van der Waals surface area contributed by atoms with E-state index in [0.29, 0.717) is 20.9 Å². The number of aromatic nitrogens is 2. The van der Waals surface area contributed by atoms with Crippen LogP contribution in [0.4, 0.5) is 17.2 Å². The number of hydrogen-bond donors (Lipinski definition) is 3. The summed E-state index contributed by atoms with van der Waals surface area (Å²) in [6.07, 6.45) is 0. The van der Waals surface area contributed by atoms with Crippen molar-refractivity contribution in [2.75, 3.05) is 12.4 Å². The minimum Gasteiger partial charge on any atom is -0.373 e. The van der Waals surface area contributed by atoms with Gasteiger partial charge in [-0.15, -0.1) is 5.11 Å². The lowest BCUT2D eigenvalue weighted by Crippen LogP contribution is -1.95. The second kappa shape index (κ2) is 5.65. The van der Waals surface area contributed by atoms with E-state index in [-0.39, 0.29) is 0 Å². The fourth-order valence-corrected chi connectivity index (χ4v) is 1.87. The quantitative estimate of drug-likeness (QED) is 0.580. The van der Waals surface area contributed by atoms with Crippen molar-refractivity contribution in [3.05, 3.63) is 39.7 Å². The Morgan fingerprint density at radius 2 is 1.78 bits per heavy atom. The van der Waals surface area contributed by atoms with E-state index in [1.165, 1.54) is 0 Å². The number of hydrogen-bond acceptors (Lipinski definition) is 5. The maximum atomic E-state index is 5.17. The molecule has 0 amide bonds. The predicted octanol–water partition coefficient (Wildman–Crippen LogP) is 4.26. The van der Waals surface area contributed by atoms with E-state index in [1.54, 1.807) is 7.05 Å². The molecule has 92 valence electrons. The highest BCUT2D eigenvalue weighted by Gasteiger charge is 2.03. The van der Waals surface area contributed by atoms with Gasteiger partial charge in [0.05, 0.1) is 5.69 Å². The van der Waals surface area contributed by atoms with Crippen LogP contribution in [0, 0.1) is 9.41 Å². The molecule has 3 N–H and O–H groups in total. The molecule has 0 spiro atoms. The zero-order valence-electron chi connectivity index (χ0n) is 9.60. The fraction of sp³-hybridized carbons (Fsp3) is 0.0909. The van der Waals surface area contributed by atoms with Crippen LogP contribution >= 0.6 is 24.4 Å². The third-order valence-electron chi connectivity index (χ3n) is 2.19. The SMILES string of the molecule is CNc1[nH]c(=S)[nH]c(=S)c1N=Nc1ccccc1. The summed E-state index contributed by atoms with van der Waals surface area (Å²) in [7, 11) is 1.76. The average Bonchev–Trinajstić information content (AvgIpc) is 2.38. The summed E-state index contributed by atoms with van der Waals surface area (Å²) in [5, 5.41) is 11.2. The summed E-state index contributed by atoms with van der Waals surface area (Å²) in [6.45, 7) is 0. The highest BCUT2D eigenvalue weighted by Crippen LogP contribution is 2.24. The topological polar surface area (TPSA) is 68.3 Å². The molecule has 0 atom stereocenters. The number of aromatic amines is 2. The van der Waals surface area contributed by atoms with Crippen molar-refractivity contribution in [1.82, 2.24) is 9.97 Å². The second-order valence-corrected chi connectivity index (χ2v) is 4.23. The van der Waals surface area contributed by atoms with Crippen molar-refractivity contribution in [3.8, 4) is 0 Å². The van der Waals surface area contributed by atoms with E-state index in [4.69, 9.17) is 24.4 Å². The molecule has 2 aromatic rings. The van der Waals surface area contributed by atoms with Crippen molar-refractivity contribution in [2.45, 2.75) is 0 Å². The molecule has 0 aliphatic rings. The molecule has 1 aromatic carbocycles. The number of benzene rings is 1. The summed E-state index contributed by atoms with van der Waals surface area (Å²) in [5.41, 5.74) is 1.29. The largest absolute Gasteiger partial charge is 0.373 e. The van der Waals surface area contributed by atoms with Gasteiger partial charge in [-0.25, -0.2) is 0 Å². The van der Waals surface area contributed by atoms with Crippen LogP contribution in [0.25, 0.3) is 0 Å². The van der Waals surface area contributed by atoms with Crippen LogP contribution in [0.5, 0.6) is 0 Å². The van der Waals surface area contributed by atoms with Gasteiger partial charge in [-0.2, -0.15) is 5.11 Å². The molecule has 0 radical (unpaired) electrons. The lowest BCUT2D eigenvalue weighted by Gasteiger charge is -2.03. The molecule has 7 heteroatoms. The molecular formula is C11H11N5S2. The first kappa shape index (κ1) is 12.6. The Labute approximate surface area is 114 Å². The van der Waals surface area contributed by atoms with Crippen molar-refractivity contribution in [1.29, 1.82) is 0 Å². The van der Waals surface area contributed by atoms with Gasteiger partial charge in [-0.1, -0.05) is 30.4 Å². The predicted molar refractivity (Wildman–Crippen MR) is 77.0 cm³/mol. The van der Waals surface area contributed by atoms with E-state index < -0.39 is 0 Å². The van der Waals surface area contributed by atoms with Crippen molar-refractivity contribution in [2.24, 2.45) is 10.2 Å². The molecule has 1 aromatic heterocycles. The third kappa shape index (κ3) is 2.88. The number of nitrogens with zero attached hydrogens (tertiary/aromatic N) is 2. The molecule has 0 aliphatic carbocycles. The monoisotopic (exact) mass is 277 g/mol. The van der Waals surface area contributed by atoms with Crippen LogP contribution in [-0.2, 0) is 0 Å². The molecule has 2 rings (SSSR count). The Balaban J connectivity index is 2.44. The maximum Gasteiger partial charge on any atom is 0.177 e. The summed E-state index contributed by atoms with van der Waals surface area (Å²) in [4.78, 5) is 5.76. The third-order valence-corrected chi connectivity index (χ3v) is 2.69. The van der Waals surface area contributed by atoms with E-state index in [2.05, 4.69) is 25.5 Å².